The van der Waals surface area contributed by atoms with Crippen molar-refractivity contribution in [3.8, 4) is 0 Å². The van der Waals surface area contributed by atoms with Crippen molar-refractivity contribution in [3.05, 3.63) is 0 Å². The van der Waals surface area contributed by atoms with Gasteiger partial charge in [0, 0.05) is 12.3 Å². The summed E-state index contributed by atoms with van der Waals surface area (Å²) < 4.78 is 0. The highest BCUT2D eigenvalue weighted by Gasteiger charge is 2.44. The quantitative estimate of drug-likeness (QED) is 0.405. The van der Waals surface area contributed by atoms with Crippen LogP contribution >= 0.6 is 12.6 Å². The van der Waals surface area contributed by atoms with E-state index in [-0.39, 0.29) is 0 Å². The van der Waals surface area contributed by atoms with Crippen LogP contribution in [0.15, 0.2) is 4.99 Å². The van der Waals surface area contributed by atoms with Crippen molar-refractivity contribution in [1.82, 2.24) is 0 Å². The minimum Gasteiger partial charge on any atom is -0.387 e. The highest BCUT2D eigenvalue weighted by molar-refractivity contribution is 7.81. The molecular weight excluding hydrogens is 180 g/mol. The molecule has 3 heteroatoms. The Morgan fingerprint density at radius 2 is 2.15 bits per heavy atom. The van der Waals surface area contributed by atoms with Crippen molar-refractivity contribution in [3.63, 3.8) is 0 Å². The standard InChI is InChI=1S/C10H18N2S/c11-9(6-13)12-7-10-3-1-8(5-10)2-4-10/h8,13H,1-7H2,(H2,11,12). The predicted molar refractivity (Wildman–Crippen MR) is 59.4 cm³/mol. The Balaban J connectivity index is 1.94. The Morgan fingerprint density at radius 3 is 2.62 bits per heavy atom. The summed E-state index contributed by atoms with van der Waals surface area (Å²) in [7, 11) is 0. The van der Waals surface area contributed by atoms with Gasteiger partial charge in [0.1, 0.15) is 5.84 Å². The van der Waals surface area contributed by atoms with E-state index in [1.54, 1.807) is 0 Å². The lowest BCUT2D eigenvalue weighted by Gasteiger charge is -2.24. The van der Waals surface area contributed by atoms with Crippen LogP contribution in [-0.4, -0.2) is 18.1 Å². The van der Waals surface area contributed by atoms with E-state index in [1.807, 2.05) is 0 Å². The maximum Gasteiger partial charge on any atom is 0.103 e. The molecular formula is C10H18N2S. The zero-order chi connectivity index (χ0) is 9.31. The van der Waals surface area contributed by atoms with Gasteiger partial charge in [-0.05, 0) is 43.4 Å². The normalized spacial score (nSPS) is 38.5. The number of hydrogen-bond acceptors (Lipinski definition) is 2. The Labute approximate surface area is 85.4 Å². The second-order valence-electron chi connectivity index (χ2n) is 4.61. The molecule has 2 aliphatic rings. The van der Waals surface area contributed by atoms with Gasteiger partial charge in [0.15, 0.2) is 0 Å². The van der Waals surface area contributed by atoms with Gasteiger partial charge in [0.25, 0.3) is 0 Å². The first-order valence-electron chi connectivity index (χ1n) is 5.14. The Kier molecular flexibility index (Phi) is 2.54. The van der Waals surface area contributed by atoms with E-state index < -0.39 is 0 Å². The molecule has 74 valence electrons. The van der Waals surface area contributed by atoms with E-state index in [2.05, 4.69) is 17.6 Å². The molecule has 2 nitrogen and oxygen atoms in total. The lowest BCUT2D eigenvalue weighted by molar-refractivity contribution is 0.307. The number of nitrogens with two attached hydrogens (primary N) is 1. The molecule has 0 unspecified atom stereocenters. The molecule has 0 amide bonds. The molecule has 0 aromatic heterocycles. The monoisotopic (exact) mass is 198 g/mol. The van der Waals surface area contributed by atoms with Crippen molar-refractivity contribution in [2.45, 2.75) is 32.1 Å². The van der Waals surface area contributed by atoms with Crippen LogP contribution in [0.3, 0.4) is 0 Å². The van der Waals surface area contributed by atoms with Crippen molar-refractivity contribution in [2.24, 2.45) is 22.1 Å². The van der Waals surface area contributed by atoms with Gasteiger partial charge in [-0.25, -0.2) is 0 Å². The highest BCUT2D eigenvalue weighted by Crippen LogP contribution is 2.54. The van der Waals surface area contributed by atoms with E-state index >= 15 is 0 Å². The van der Waals surface area contributed by atoms with Crippen LogP contribution in [0.5, 0.6) is 0 Å². The Bertz CT molecular complexity index is 217. The Morgan fingerprint density at radius 1 is 1.46 bits per heavy atom. The van der Waals surface area contributed by atoms with E-state index in [9.17, 15) is 0 Å². The van der Waals surface area contributed by atoms with E-state index in [0.717, 1.165) is 12.5 Å². The average Bonchev–Trinajstić information content (AvgIpc) is 2.74. The molecule has 2 aliphatic carbocycles. The third-order valence-corrected chi connectivity index (χ3v) is 3.99. The predicted octanol–water partition coefficient (Wildman–Crippen LogP) is 1.85. The van der Waals surface area contributed by atoms with Crippen molar-refractivity contribution < 1.29 is 0 Å². The molecule has 13 heavy (non-hydrogen) atoms. The summed E-state index contributed by atoms with van der Waals surface area (Å²) in [4.78, 5) is 4.41. The van der Waals surface area contributed by atoms with Gasteiger partial charge in [-0.1, -0.05) is 0 Å². The van der Waals surface area contributed by atoms with Crippen LogP contribution in [0, 0.1) is 11.3 Å². The highest BCUT2D eigenvalue weighted by atomic mass is 32.1. The summed E-state index contributed by atoms with van der Waals surface area (Å²) >= 11 is 4.10. The summed E-state index contributed by atoms with van der Waals surface area (Å²) in [6.07, 6.45) is 7.00. The number of thiol groups is 1. The van der Waals surface area contributed by atoms with Gasteiger partial charge in [-0.15, -0.1) is 0 Å². The van der Waals surface area contributed by atoms with Crippen molar-refractivity contribution in [1.29, 1.82) is 0 Å². The van der Waals surface area contributed by atoms with Crippen molar-refractivity contribution >= 4 is 18.5 Å². The van der Waals surface area contributed by atoms with Gasteiger partial charge >= 0.3 is 0 Å². The fourth-order valence-corrected chi connectivity index (χ4v) is 2.95. The summed E-state index contributed by atoms with van der Waals surface area (Å²) in [5, 5.41) is 0. The van der Waals surface area contributed by atoms with Gasteiger partial charge in [-0.3, -0.25) is 4.99 Å². The second kappa shape index (κ2) is 3.52. The molecule has 0 spiro atoms. The SMILES string of the molecule is NC(CS)=NCC12CCC(CC1)C2. The minimum atomic E-state index is 0.540. The molecule has 0 atom stereocenters. The molecule has 0 saturated heterocycles. The van der Waals surface area contributed by atoms with Crippen LogP contribution in [0.2, 0.25) is 0 Å². The summed E-state index contributed by atoms with van der Waals surface area (Å²) in [5.41, 5.74) is 6.19. The van der Waals surface area contributed by atoms with E-state index in [4.69, 9.17) is 5.73 Å². The zero-order valence-corrected chi connectivity index (χ0v) is 8.89. The first-order chi connectivity index (χ1) is 6.24. The molecule has 0 aliphatic heterocycles. The number of aliphatic imine (C=N–C) groups is 1. The van der Waals surface area contributed by atoms with Gasteiger partial charge in [0.05, 0.1) is 0 Å². The lowest BCUT2D eigenvalue weighted by atomic mass is 9.84. The third-order valence-electron chi connectivity index (χ3n) is 3.67. The van der Waals surface area contributed by atoms with E-state index in [0.29, 0.717) is 17.0 Å². The second-order valence-corrected chi connectivity index (χ2v) is 4.93. The van der Waals surface area contributed by atoms with Gasteiger partial charge in [0.2, 0.25) is 0 Å². The molecule has 0 radical (unpaired) electrons. The van der Waals surface area contributed by atoms with Crippen LogP contribution < -0.4 is 5.73 Å². The fraction of sp³-hybridized carbons (Fsp3) is 0.900. The largest absolute Gasteiger partial charge is 0.387 e. The zero-order valence-electron chi connectivity index (χ0n) is 8.00. The first-order valence-corrected chi connectivity index (χ1v) is 5.77. The summed E-state index contributed by atoms with van der Waals surface area (Å²) in [6, 6.07) is 0. The molecule has 0 aromatic carbocycles. The van der Waals surface area contributed by atoms with Gasteiger partial charge in [-0.2, -0.15) is 12.6 Å². The summed E-state index contributed by atoms with van der Waals surface area (Å²) in [5.74, 6) is 2.31. The van der Waals surface area contributed by atoms with E-state index in [1.165, 1.54) is 32.1 Å². The molecule has 2 bridgehead atoms. The van der Waals surface area contributed by atoms with Gasteiger partial charge < -0.3 is 5.73 Å². The maximum atomic E-state index is 5.65. The minimum absolute atomic E-state index is 0.540. The number of rotatable bonds is 3. The van der Waals surface area contributed by atoms with Crippen LogP contribution in [0.4, 0.5) is 0 Å². The molecule has 2 saturated carbocycles. The molecule has 2 rings (SSSR count). The number of fused-ring (bicyclic) bond motifs is 2. The molecule has 0 heterocycles. The number of nitrogens with zero attached hydrogens (tertiary/aromatic N) is 1. The van der Waals surface area contributed by atoms with Crippen molar-refractivity contribution in [2.75, 3.05) is 12.3 Å². The maximum absolute atomic E-state index is 5.65. The first kappa shape index (κ1) is 9.38. The topological polar surface area (TPSA) is 38.4 Å². The molecule has 2 fully saturated rings. The van der Waals surface area contributed by atoms with Crippen LogP contribution in [0.1, 0.15) is 32.1 Å². The van der Waals surface area contributed by atoms with Crippen LogP contribution in [-0.2, 0) is 0 Å². The smallest absolute Gasteiger partial charge is 0.103 e. The summed E-state index contributed by atoms with van der Waals surface area (Å²) in [6.45, 7) is 0.954. The number of hydrogen-bond donors (Lipinski definition) is 2. The lowest BCUT2D eigenvalue weighted by Crippen LogP contribution is -2.22. The van der Waals surface area contributed by atoms with Crippen LogP contribution in [0.25, 0.3) is 0 Å². The molecule has 2 N–H and O–H groups in total. The molecule has 0 aromatic rings. The Hall–Kier alpha value is -0.180. The average molecular weight is 198 g/mol. The fourth-order valence-electron chi connectivity index (χ4n) is 2.85. The third kappa shape index (κ3) is 1.85. The number of amidine groups is 1.